The van der Waals surface area contributed by atoms with Gasteiger partial charge in [-0.1, -0.05) is 23.7 Å². The number of fused-ring (bicyclic) bond motifs is 2. The molecule has 0 radical (unpaired) electrons. The van der Waals surface area contributed by atoms with E-state index in [-0.39, 0.29) is 22.3 Å². The number of aryl methyl sites for hydroxylation is 1. The number of rotatable bonds is 3. The third kappa shape index (κ3) is 3.32. The number of nitrogens with zero attached hydrogens (tertiary/aromatic N) is 1. The van der Waals surface area contributed by atoms with Crippen molar-refractivity contribution in [1.82, 2.24) is 0 Å². The number of halogens is 1. The monoisotopic (exact) mass is 408 g/mol. The first-order valence-corrected chi connectivity index (χ1v) is 8.94. The van der Waals surface area contributed by atoms with Crippen LogP contribution in [0.15, 0.2) is 63.8 Å². The lowest BCUT2D eigenvalue weighted by atomic mass is 10.1. The van der Waals surface area contributed by atoms with Crippen LogP contribution in [-0.4, -0.2) is 10.8 Å². The van der Waals surface area contributed by atoms with Crippen LogP contribution in [0.4, 0.5) is 11.4 Å². The van der Waals surface area contributed by atoms with Crippen LogP contribution < -0.4 is 10.7 Å². The van der Waals surface area contributed by atoms with E-state index < -0.39 is 10.8 Å². The Kier molecular flexibility index (Phi) is 4.52. The zero-order valence-corrected chi connectivity index (χ0v) is 15.8. The number of para-hydroxylation sites is 1. The first kappa shape index (κ1) is 18.6. The minimum atomic E-state index is -0.637. The third-order valence-electron chi connectivity index (χ3n) is 4.55. The molecule has 1 heterocycles. The van der Waals surface area contributed by atoms with Gasteiger partial charge in [0.15, 0.2) is 0 Å². The number of anilines is 1. The Morgan fingerprint density at radius 2 is 1.79 bits per heavy atom. The Labute approximate surface area is 168 Å². The molecule has 0 fully saturated rings. The fraction of sp³-hybridized carbons (Fsp3) is 0.0476. The summed E-state index contributed by atoms with van der Waals surface area (Å²) >= 11 is 6.11. The quantitative estimate of drug-likeness (QED) is 0.289. The molecule has 1 N–H and O–H groups in total. The van der Waals surface area contributed by atoms with E-state index in [1.807, 2.05) is 0 Å². The summed E-state index contributed by atoms with van der Waals surface area (Å²) in [6.45, 7) is 1.80. The summed E-state index contributed by atoms with van der Waals surface area (Å²) in [5, 5.41) is 14.9. The van der Waals surface area contributed by atoms with Crippen LogP contribution in [0.2, 0.25) is 5.02 Å². The fourth-order valence-corrected chi connectivity index (χ4v) is 3.24. The smallest absolute Gasteiger partial charge is 0.282 e. The van der Waals surface area contributed by atoms with Crippen molar-refractivity contribution >= 4 is 50.8 Å². The molecule has 0 unspecified atom stereocenters. The molecule has 29 heavy (non-hydrogen) atoms. The summed E-state index contributed by atoms with van der Waals surface area (Å²) in [4.78, 5) is 35.8. The van der Waals surface area contributed by atoms with E-state index in [0.717, 1.165) is 5.56 Å². The maximum Gasteiger partial charge on any atom is 0.282 e. The highest BCUT2D eigenvalue weighted by molar-refractivity contribution is 6.32. The highest BCUT2D eigenvalue weighted by Gasteiger charge is 2.19. The van der Waals surface area contributed by atoms with E-state index in [9.17, 15) is 19.7 Å². The van der Waals surface area contributed by atoms with E-state index >= 15 is 0 Å². The lowest BCUT2D eigenvalue weighted by molar-refractivity contribution is -0.385. The number of hydrogen-bond acceptors (Lipinski definition) is 5. The molecule has 0 aliphatic rings. The van der Waals surface area contributed by atoms with Gasteiger partial charge in [-0.15, -0.1) is 0 Å². The SMILES string of the molecule is Cc1cc2oc3cc(NC(=O)c4ccccc4[N+](=O)[O-])ccc3c(=O)c2cc1Cl. The van der Waals surface area contributed by atoms with Gasteiger partial charge in [-0.3, -0.25) is 19.7 Å². The van der Waals surface area contributed by atoms with Crippen LogP contribution in [0.25, 0.3) is 21.9 Å². The average molecular weight is 409 g/mol. The summed E-state index contributed by atoms with van der Waals surface area (Å²) in [7, 11) is 0. The van der Waals surface area contributed by atoms with E-state index in [1.54, 1.807) is 25.1 Å². The molecule has 1 aromatic heterocycles. The lowest BCUT2D eigenvalue weighted by Crippen LogP contribution is -2.14. The molecule has 8 heteroatoms. The third-order valence-corrected chi connectivity index (χ3v) is 4.96. The molecule has 0 bridgehead atoms. The maximum absolute atomic E-state index is 12.7. The van der Waals surface area contributed by atoms with Crippen LogP contribution in [0, 0.1) is 17.0 Å². The van der Waals surface area contributed by atoms with Crippen molar-refractivity contribution in [1.29, 1.82) is 0 Å². The molecule has 0 saturated heterocycles. The fourth-order valence-electron chi connectivity index (χ4n) is 3.08. The number of nitrogens with one attached hydrogen (secondary N) is 1. The minimum Gasteiger partial charge on any atom is -0.456 e. The second-order valence-corrected chi connectivity index (χ2v) is 6.88. The van der Waals surface area contributed by atoms with Crippen molar-refractivity contribution in [3.8, 4) is 0 Å². The summed E-state index contributed by atoms with van der Waals surface area (Å²) in [6, 6.07) is 13.5. The number of carbonyl (C=O) groups is 1. The molecule has 4 aromatic rings. The Morgan fingerprint density at radius 1 is 1.07 bits per heavy atom. The molecule has 4 rings (SSSR count). The molecular weight excluding hydrogens is 396 g/mol. The van der Waals surface area contributed by atoms with Gasteiger partial charge in [-0.2, -0.15) is 0 Å². The Morgan fingerprint density at radius 3 is 2.55 bits per heavy atom. The van der Waals surface area contributed by atoms with Crippen molar-refractivity contribution < 1.29 is 14.1 Å². The molecule has 0 aliphatic heterocycles. The van der Waals surface area contributed by atoms with Crippen LogP contribution >= 0.6 is 11.6 Å². The normalized spacial score (nSPS) is 11.0. The highest BCUT2D eigenvalue weighted by Crippen LogP contribution is 2.27. The first-order valence-electron chi connectivity index (χ1n) is 8.56. The predicted molar refractivity (Wildman–Crippen MR) is 111 cm³/mol. The van der Waals surface area contributed by atoms with Crippen LogP contribution in [-0.2, 0) is 0 Å². The van der Waals surface area contributed by atoms with Gasteiger partial charge in [-0.25, -0.2) is 0 Å². The second kappa shape index (κ2) is 7.03. The minimum absolute atomic E-state index is 0.0668. The standard InChI is InChI=1S/C21H13ClN2O5/c1-11-8-18-15(10-16(11)22)20(25)14-7-6-12(9-19(14)29-18)23-21(26)13-4-2-3-5-17(13)24(27)28/h2-10H,1H3,(H,23,26). The molecular formula is C21H13ClN2O5. The van der Waals surface area contributed by atoms with Gasteiger partial charge in [0, 0.05) is 22.8 Å². The second-order valence-electron chi connectivity index (χ2n) is 6.47. The largest absolute Gasteiger partial charge is 0.456 e. The number of carbonyl (C=O) groups excluding carboxylic acids is 1. The topological polar surface area (TPSA) is 102 Å². The Hall–Kier alpha value is -3.71. The highest BCUT2D eigenvalue weighted by atomic mass is 35.5. The van der Waals surface area contributed by atoms with E-state index in [2.05, 4.69) is 5.32 Å². The van der Waals surface area contributed by atoms with Crippen molar-refractivity contribution in [2.75, 3.05) is 5.32 Å². The number of hydrogen-bond donors (Lipinski definition) is 1. The first-order chi connectivity index (χ1) is 13.8. The van der Waals surface area contributed by atoms with Crippen molar-refractivity contribution in [2.24, 2.45) is 0 Å². The van der Waals surface area contributed by atoms with Gasteiger partial charge in [0.25, 0.3) is 11.6 Å². The molecule has 144 valence electrons. The molecule has 7 nitrogen and oxygen atoms in total. The summed E-state index contributed by atoms with van der Waals surface area (Å²) in [6.07, 6.45) is 0. The lowest BCUT2D eigenvalue weighted by Gasteiger charge is -2.08. The average Bonchev–Trinajstić information content (AvgIpc) is 2.69. The number of benzene rings is 3. The predicted octanol–water partition coefficient (Wildman–Crippen LogP) is 5.07. The molecule has 0 spiro atoms. The van der Waals surface area contributed by atoms with Gasteiger partial charge >= 0.3 is 0 Å². The number of amides is 1. The van der Waals surface area contributed by atoms with Crippen LogP contribution in [0.3, 0.4) is 0 Å². The maximum atomic E-state index is 12.7. The van der Waals surface area contributed by atoms with Gasteiger partial charge < -0.3 is 9.73 Å². The Balaban J connectivity index is 1.77. The van der Waals surface area contributed by atoms with Crippen molar-refractivity contribution in [2.45, 2.75) is 6.92 Å². The zero-order chi connectivity index (χ0) is 20.7. The summed E-state index contributed by atoms with van der Waals surface area (Å²) < 4.78 is 5.83. The molecule has 0 saturated carbocycles. The van der Waals surface area contributed by atoms with Gasteiger partial charge in [0.1, 0.15) is 16.7 Å². The van der Waals surface area contributed by atoms with Crippen LogP contribution in [0.5, 0.6) is 0 Å². The number of nitro benzene ring substituents is 1. The number of nitro groups is 1. The van der Waals surface area contributed by atoms with Gasteiger partial charge in [-0.05, 0) is 42.8 Å². The van der Waals surface area contributed by atoms with E-state index in [1.165, 1.54) is 36.4 Å². The molecule has 1 amide bonds. The summed E-state index contributed by atoms with van der Waals surface area (Å²) in [5.41, 5.74) is 1.17. The van der Waals surface area contributed by atoms with E-state index in [4.69, 9.17) is 16.0 Å². The Bertz CT molecular complexity index is 1380. The zero-order valence-electron chi connectivity index (χ0n) is 15.1. The van der Waals surface area contributed by atoms with Gasteiger partial charge in [0.2, 0.25) is 5.43 Å². The van der Waals surface area contributed by atoms with E-state index in [0.29, 0.717) is 27.1 Å². The van der Waals surface area contributed by atoms with Crippen LogP contribution in [0.1, 0.15) is 15.9 Å². The summed E-state index contributed by atoms with van der Waals surface area (Å²) in [5.74, 6) is -0.637. The molecule has 3 aromatic carbocycles. The van der Waals surface area contributed by atoms with Crippen molar-refractivity contribution in [3.63, 3.8) is 0 Å². The molecule has 0 atom stereocenters. The molecule has 0 aliphatic carbocycles. The van der Waals surface area contributed by atoms with Gasteiger partial charge in [0.05, 0.1) is 15.7 Å². The van der Waals surface area contributed by atoms with Crippen molar-refractivity contribution in [3.05, 3.63) is 91.1 Å².